The van der Waals surface area contributed by atoms with Gasteiger partial charge in [0.2, 0.25) is 17.2 Å². The summed E-state index contributed by atoms with van der Waals surface area (Å²) < 4.78 is 16.3. The van der Waals surface area contributed by atoms with Crippen LogP contribution in [0.1, 0.15) is 0 Å². The maximum atomic E-state index is 11.0. The molecule has 1 fully saturated rings. The summed E-state index contributed by atoms with van der Waals surface area (Å²) in [5, 5.41) is 3.15. The van der Waals surface area contributed by atoms with Gasteiger partial charge in [-0.3, -0.25) is 4.21 Å². The Labute approximate surface area is 119 Å². The number of halogens is 1. The lowest BCUT2D eigenvalue weighted by Gasteiger charge is -2.26. The fourth-order valence-corrected chi connectivity index (χ4v) is 2.18. The Balaban J connectivity index is 2.03. The molecule has 1 aliphatic heterocycles. The van der Waals surface area contributed by atoms with Crippen LogP contribution in [0.2, 0.25) is 5.28 Å². The number of ether oxygens (including phenoxy) is 1. The molecule has 1 unspecified atom stereocenters. The molecule has 1 N–H and O–H groups in total. The Morgan fingerprint density at radius 2 is 2.11 bits per heavy atom. The van der Waals surface area contributed by atoms with Crippen molar-refractivity contribution in [3.05, 3.63) is 5.28 Å². The van der Waals surface area contributed by atoms with Crippen molar-refractivity contribution in [3.63, 3.8) is 0 Å². The van der Waals surface area contributed by atoms with Crippen LogP contribution in [0.3, 0.4) is 0 Å². The third-order valence-corrected chi connectivity index (χ3v) is 3.51. The molecule has 1 aromatic rings. The molecule has 0 spiro atoms. The van der Waals surface area contributed by atoms with Crippen LogP contribution in [-0.4, -0.2) is 64.0 Å². The Hall–Kier alpha value is -0.990. The van der Waals surface area contributed by atoms with E-state index < -0.39 is 10.8 Å². The number of anilines is 2. The predicted molar refractivity (Wildman–Crippen MR) is 75.3 cm³/mol. The molecular formula is C10H16ClN5O2S. The van der Waals surface area contributed by atoms with Gasteiger partial charge in [0.05, 0.1) is 13.2 Å². The number of morpholine rings is 1. The second-order valence-corrected chi connectivity index (χ2v) is 5.92. The van der Waals surface area contributed by atoms with Crippen LogP contribution >= 0.6 is 11.6 Å². The number of aromatic nitrogens is 3. The summed E-state index contributed by atoms with van der Waals surface area (Å²) in [5.74, 6) is 1.49. The maximum Gasteiger partial charge on any atom is 0.231 e. The normalized spacial score (nSPS) is 17.3. The van der Waals surface area contributed by atoms with Crippen molar-refractivity contribution >= 4 is 34.3 Å². The Bertz CT molecular complexity index is 456. The van der Waals surface area contributed by atoms with Crippen LogP contribution in [0.4, 0.5) is 11.9 Å². The molecule has 2 heterocycles. The first kappa shape index (κ1) is 14.4. The van der Waals surface area contributed by atoms with Crippen molar-refractivity contribution in [3.8, 4) is 0 Å². The van der Waals surface area contributed by atoms with Crippen LogP contribution < -0.4 is 10.2 Å². The summed E-state index contributed by atoms with van der Waals surface area (Å²) in [6, 6.07) is 0. The molecule has 0 saturated carbocycles. The summed E-state index contributed by atoms with van der Waals surface area (Å²) >= 11 is 5.89. The highest BCUT2D eigenvalue weighted by atomic mass is 35.5. The summed E-state index contributed by atoms with van der Waals surface area (Å²) in [4.78, 5) is 14.4. The minimum Gasteiger partial charge on any atom is -0.378 e. The van der Waals surface area contributed by atoms with E-state index in [1.54, 1.807) is 6.26 Å². The monoisotopic (exact) mass is 305 g/mol. The SMILES string of the molecule is CS(=O)CCNc1nc(Cl)nc(N2CCOCC2)n1. The van der Waals surface area contributed by atoms with E-state index in [2.05, 4.69) is 20.3 Å². The van der Waals surface area contributed by atoms with Gasteiger partial charge in [0.1, 0.15) is 0 Å². The minimum absolute atomic E-state index is 0.150. The molecule has 9 heteroatoms. The first-order valence-corrected chi connectivity index (χ1v) is 8.04. The van der Waals surface area contributed by atoms with Crippen LogP contribution in [0, 0.1) is 0 Å². The second kappa shape index (κ2) is 6.97. The molecule has 7 nitrogen and oxygen atoms in total. The lowest BCUT2D eigenvalue weighted by molar-refractivity contribution is 0.122. The van der Waals surface area contributed by atoms with Crippen molar-refractivity contribution in [2.24, 2.45) is 0 Å². The van der Waals surface area contributed by atoms with Gasteiger partial charge in [-0.15, -0.1) is 0 Å². The summed E-state index contributed by atoms with van der Waals surface area (Å²) in [7, 11) is -0.848. The topological polar surface area (TPSA) is 80.2 Å². The average molecular weight is 306 g/mol. The fourth-order valence-electron chi connectivity index (χ4n) is 1.63. The molecule has 19 heavy (non-hydrogen) atoms. The molecule has 0 aromatic carbocycles. The fraction of sp³-hybridized carbons (Fsp3) is 0.700. The second-order valence-electron chi connectivity index (χ2n) is 4.03. The molecule has 1 atom stereocenters. The molecule has 0 amide bonds. The van der Waals surface area contributed by atoms with Gasteiger partial charge < -0.3 is 15.0 Å². The number of nitrogens with zero attached hydrogens (tertiary/aromatic N) is 4. The predicted octanol–water partition coefficient (Wildman–Crippen LogP) is 0.152. The van der Waals surface area contributed by atoms with Gasteiger partial charge in [-0.2, -0.15) is 15.0 Å². The van der Waals surface area contributed by atoms with E-state index in [4.69, 9.17) is 16.3 Å². The highest BCUT2D eigenvalue weighted by molar-refractivity contribution is 7.84. The van der Waals surface area contributed by atoms with Crippen LogP contribution in [0.25, 0.3) is 0 Å². The van der Waals surface area contributed by atoms with E-state index in [1.807, 2.05) is 4.90 Å². The van der Waals surface area contributed by atoms with E-state index in [0.29, 0.717) is 37.4 Å². The smallest absolute Gasteiger partial charge is 0.231 e. The zero-order valence-electron chi connectivity index (χ0n) is 10.6. The van der Waals surface area contributed by atoms with Gasteiger partial charge >= 0.3 is 0 Å². The lowest BCUT2D eigenvalue weighted by Crippen LogP contribution is -2.37. The van der Waals surface area contributed by atoms with Gasteiger partial charge in [-0.25, -0.2) is 0 Å². The quantitative estimate of drug-likeness (QED) is 0.829. The van der Waals surface area contributed by atoms with Gasteiger partial charge in [0.25, 0.3) is 0 Å². The molecule has 1 saturated heterocycles. The maximum absolute atomic E-state index is 11.0. The van der Waals surface area contributed by atoms with E-state index in [9.17, 15) is 4.21 Å². The van der Waals surface area contributed by atoms with Crippen molar-refractivity contribution < 1.29 is 8.95 Å². The summed E-state index contributed by atoms with van der Waals surface area (Å²) in [6.45, 7) is 3.31. The molecule has 1 aromatic heterocycles. The van der Waals surface area contributed by atoms with Crippen molar-refractivity contribution in [1.29, 1.82) is 0 Å². The van der Waals surface area contributed by atoms with Crippen molar-refractivity contribution in [1.82, 2.24) is 15.0 Å². The number of rotatable bonds is 5. The van der Waals surface area contributed by atoms with E-state index in [0.717, 1.165) is 13.1 Å². The Morgan fingerprint density at radius 1 is 1.37 bits per heavy atom. The first-order chi connectivity index (χ1) is 9.15. The van der Waals surface area contributed by atoms with Gasteiger partial charge in [-0.1, -0.05) is 0 Å². The van der Waals surface area contributed by atoms with Crippen LogP contribution in [-0.2, 0) is 15.5 Å². The molecular weight excluding hydrogens is 290 g/mol. The van der Waals surface area contributed by atoms with Crippen molar-refractivity contribution in [2.45, 2.75) is 0 Å². The summed E-state index contributed by atoms with van der Waals surface area (Å²) in [6.07, 6.45) is 1.65. The third kappa shape index (κ3) is 4.55. The molecule has 2 rings (SSSR count). The number of hydrogen-bond acceptors (Lipinski definition) is 7. The average Bonchev–Trinajstić information content (AvgIpc) is 2.39. The van der Waals surface area contributed by atoms with Gasteiger partial charge in [0.15, 0.2) is 0 Å². The van der Waals surface area contributed by atoms with Crippen molar-refractivity contribution in [2.75, 3.05) is 55.1 Å². The van der Waals surface area contributed by atoms with Gasteiger partial charge in [-0.05, 0) is 11.6 Å². The molecule has 0 radical (unpaired) electrons. The number of hydrogen-bond donors (Lipinski definition) is 1. The van der Waals surface area contributed by atoms with Gasteiger partial charge in [0, 0.05) is 42.4 Å². The zero-order valence-corrected chi connectivity index (χ0v) is 12.2. The molecule has 0 aliphatic carbocycles. The van der Waals surface area contributed by atoms with E-state index >= 15 is 0 Å². The molecule has 106 valence electrons. The highest BCUT2D eigenvalue weighted by Gasteiger charge is 2.15. The Kier molecular flexibility index (Phi) is 5.29. The molecule has 0 bridgehead atoms. The number of nitrogens with one attached hydrogen (secondary N) is 1. The highest BCUT2D eigenvalue weighted by Crippen LogP contribution is 2.14. The minimum atomic E-state index is -0.848. The van der Waals surface area contributed by atoms with E-state index in [1.165, 1.54) is 0 Å². The zero-order chi connectivity index (χ0) is 13.7. The largest absolute Gasteiger partial charge is 0.378 e. The van der Waals surface area contributed by atoms with E-state index in [-0.39, 0.29) is 5.28 Å². The summed E-state index contributed by atoms with van der Waals surface area (Å²) in [5.41, 5.74) is 0. The Morgan fingerprint density at radius 3 is 2.79 bits per heavy atom. The molecule has 1 aliphatic rings. The van der Waals surface area contributed by atoms with Crippen LogP contribution in [0.15, 0.2) is 0 Å². The third-order valence-electron chi connectivity index (χ3n) is 2.56. The van der Waals surface area contributed by atoms with Crippen LogP contribution in [0.5, 0.6) is 0 Å². The standard InChI is InChI=1S/C10H16ClN5O2S/c1-19(17)7-2-12-9-13-8(11)14-10(15-9)16-3-5-18-6-4-16/h2-7H2,1H3,(H,12,13,14,15). The first-order valence-electron chi connectivity index (χ1n) is 5.93. The lowest BCUT2D eigenvalue weighted by atomic mass is 10.4.